The Labute approximate surface area is 161 Å². The van der Waals surface area contributed by atoms with Gasteiger partial charge in [-0.05, 0) is 42.7 Å². The maximum absolute atomic E-state index is 13.8. The SMILES string of the molecule is O=C(NCC1(c2cccc(F)c2)CCOCC1)c1cc(=O)c2ccccc2o1. The third-order valence-electron chi connectivity index (χ3n) is 5.33. The van der Waals surface area contributed by atoms with Crippen molar-refractivity contribution in [3.8, 4) is 0 Å². The lowest BCUT2D eigenvalue weighted by atomic mass is 9.74. The molecule has 2 aromatic carbocycles. The van der Waals surface area contributed by atoms with Gasteiger partial charge in [0, 0.05) is 31.2 Å². The van der Waals surface area contributed by atoms with E-state index >= 15 is 0 Å². The number of ether oxygens (including phenoxy) is 1. The summed E-state index contributed by atoms with van der Waals surface area (Å²) in [6.07, 6.45) is 1.33. The first-order valence-corrected chi connectivity index (χ1v) is 9.22. The summed E-state index contributed by atoms with van der Waals surface area (Å²) in [5.41, 5.74) is 0.507. The average Bonchev–Trinajstić information content (AvgIpc) is 2.73. The smallest absolute Gasteiger partial charge is 0.287 e. The summed E-state index contributed by atoms with van der Waals surface area (Å²) in [5.74, 6) is -0.814. The van der Waals surface area contributed by atoms with Gasteiger partial charge in [-0.25, -0.2) is 4.39 Å². The fraction of sp³-hybridized carbons (Fsp3) is 0.273. The van der Waals surface area contributed by atoms with Gasteiger partial charge in [0.1, 0.15) is 11.4 Å². The van der Waals surface area contributed by atoms with Gasteiger partial charge in [-0.15, -0.1) is 0 Å². The molecule has 0 unspecified atom stereocenters. The highest BCUT2D eigenvalue weighted by Gasteiger charge is 2.35. The van der Waals surface area contributed by atoms with E-state index in [9.17, 15) is 14.0 Å². The summed E-state index contributed by atoms with van der Waals surface area (Å²) in [5, 5.41) is 3.30. The molecule has 0 saturated carbocycles. The van der Waals surface area contributed by atoms with Gasteiger partial charge in [-0.1, -0.05) is 24.3 Å². The summed E-state index contributed by atoms with van der Waals surface area (Å²) >= 11 is 0. The lowest BCUT2D eigenvalue weighted by Gasteiger charge is -2.37. The van der Waals surface area contributed by atoms with Crippen molar-refractivity contribution < 1.29 is 18.3 Å². The topological polar surface area (TPSA) is 68.5 Å². The van der Waals surface area contributed by atoms with E-state index in [1.54, 1.807) is 30.3 Å². The zero-order valence-corrected chi connectivity index (χ0v) is 15.2. The van der Waals surface area contributed by atoms with Gasteiger partial charge < -0.3 is 14.5 Å². The van der Waals surface area contributed by atoms with Crippen molar-refractivity contribution >= 4 is 16.9 Å². The molecule has 4 rings (SSSR count). The third-order valence-corrected chi connectivity index (χ3v) is 5.33. The van der Waals surface area contributed by atoms with E-state index in [4.69, 9.17) is 9.15 Å². The van der Waals surface area contributed by atoms with E-state index in [0.29, 0.717) is 43.6 Å². The van der Waals surface area contributed by atoms with Crippen molar-refractivity contribution in [3.05, 3.63) is 82.0 Å². The number of nitrogens with one attached hydrogen (secondary N) is 1. The van der Waals surface area contributed by atoms with Crippen LogP contribution in [0.4, 0.5) is 4.39 Å². The fourth-order valence-electron chi connectivity index (χ4n) is 3.70. The molecule has 1 aliphatic heterocycles. The number of halogens is 1. The zero-order valence-electron chi connectivity index (χ0n) is 15.2. The summed E-state index contributed by atoms with van der Waals surface area (Å²) < 4.78 is 24.9. The van der Waals surface area contributed by atoms with Crippen molar-refractivity contribution in [1.29, 1.82) is 0 Å². The second-order valence-corrected chi connectivity index (χ2v) is 7.06. The largest absolute Gasteiger partial charge is 0.451 e. The van der Waals surface area contributed by atoms with E-state index in [1.165, 1.54) is 18.2 Å². The summed E-state index contributed by atoms with van der Waals surface area (Å²) in [7, 11) is 0. The van der Waals surface area contributed by atoms with Crippen LogP contribution >= 0.6 is 0 Å². The quantitative estimate of drug-likeness (QED) is 0.752. The van der Waals surface area contributed by atoms with Gasteiger partial charge in [0.15, 0.2) is 11.2 Å². The van der Waals surface area contributed by atoms with Crippen LogP contribution in [0, 0.1) is 5.82 Å². The Morgan fingerprint density at radius 3 is 2.64 bits per heavy atom. The van der Waals surface area contributed by atoms with Crippen molar-refractivity contribution in [2.75, 3.05) is 19.8 Å². The number of hydrogen-bond donors (Lipinski definition) is 1. The van der Waals surface area contributed by atoms with E-state index in [0.717, 1.165) is 5.56 Å². The minimum atomic E-state index is -0.467. The summed E-state index contributed by atoms with van der Waals surface area (Å²) in [6.45, 7) is 1.38. The van der Waals surface area contributed by atoms with Crippen LogP contribution in [0.1, 0.15) is 29.0 Å². The Kier molecular flexibility index (Phi) is 4.96. The molecule has 0 bridgehead atoms. The predicted molar refractivity (Wildman–Crippen MR) is 103 cm³/mol. The van der Waals surface area contributed by atoms with Gasteiger partial charge >= 0.3 is 0 Å². The van der Waals surface area contributed by atoms with Crippen molar-refractivity contribution in [1.82, 2.24) is 5.32 Å². The molecule has 1 fully saturated rings. The molecule has 2 heterocycles. The van der Waals surface area contributed by atoms with Crippen LogP contribution in [0.2, 0.25) is 0 Å². The van der Waals surface area contributed by atoms with Crippen LogP contribution in [0.15, 0.2) is 63.8 Å². The highest BCUT2D eigenvalue weighted by atomic mass is 19.1. The molecule has 0 radical (unpaired) electrons. The van der Waals surface area contributed by atoms with E-state index < -0.39 is 11.3 Å². The molecular formula is C22H20FNO4. The Morgan fingerprint density at radius 1 is 1.07 bits per heavy atom. The third kappa shape index (κ3) is 3.55. The van der Waals surface area contributed by atoms with Gasteiger partial charge in [0.05, 0.1) is 5.39 Å². The Hall–Kier alpha value is -2.99. The fourth-order valence-corrected chi connectivity index (χ4v) is 3.70. The molecule has 0 aliphatic carbocycles. The molecular weight excluding hydrogens is 361 g/mol. The summed E-state index contributed by atoms with van der Waals surface area (Å²) in [6, 6.07) is 14.5. The molecule has 0 atom stereocenters. The first kappa shape index (κ1) is 18.4. The normalized spacial score (nSPS) is 16.0. The molecule has 1 amide bonds. The Morgan fingerprint density at radius 2 is 1.86 bits per heavy atom. The highest BCUT2D eigenvalue weighted by Crippen LogP contribution is 2.34. The standard InChI is InChI=1S/C22H20FNO4/c23-16-5-3-4-15(12-16)22(8-10-27-11-9-22)14-24-21(26)20-13-18(25)17-6-1-2-7-19(17)28-20/h1-7,12-13H,8-11,14H2,(H,24,26). The molecule has 28 heavy (non-hydrogen) atoms. The van der Waals surface area contributed by atoms with E-state index in [1.807, 2.05) is 6.07 Å². The number of rotatable bonds is 4. The number of benzene rings is 2. The average molecular weight is 381 g/mol. The number of amides is 1. The molecule has 1 aliphatic rings. The number of para-hydroxylation sites is 1. The van der Waals surface area contributed by atoms with Crippen LogP contribution in [-0.4, -0.2) is 25.7 Å². The van der Waals surface area contributed by atoms with Crippen LogP contribution in [0.5, 0.6) is 0 Å². The van der Waals surface area contributed by atoms with Gasteiger partial charge in [-0.3, -0.25) is 9.59 Å². The number of fused-ring (bicyclic) bond motifs is 1. The molecule has 3 aromatic rings. The minimum Gasteiger partial charge on any atom is -0.451 e. The lowest BCUT2D eigenvalue weighted by Crippen LogP contribution is -2.44. The Bertz CT molecular complexity index is 1070. The van der Waals surface area contributed by atoms with Crippen LogP contribution in [0.3, 0.4) is 0 Å². The highest BCUT2D eigenvalue weighted by molar-refractivity contribution is 5.93. The maximum Gasteiger partial charge on any atom is 0.287 e. The monoisotopic (exact) mass is 381 g/mol. The van der Waals surface area contributed by atoms with Crippen molar-refractivity contribution in [2.24, 2.45) is 0 Å². The molecule has 144 valence electrons. The zero-order chi connectivity index (χ0) is 19.6. The molecule has 0 spiro atoms. The van der Waals surface area contributed by atoms with Crippen LogP contribution in [0.25, 0.3) is 11.0 Å². The van der Waals surface area contributed by atoms with Crippen LogP contribution < -0.4 is 10.7 Å². The van der Waals surface area contributed by atoms with E-state index in [2.05, 4.69) is 5.32 Å². The first-order chi connectivity index (χ1) is 13.6. The van der Waals surface area contributed by atoms with Gasteiger partial charge in [0.2, 0.25) is 0 Å². The maximum atomic E-state index is 13.8. The molecule has 5 nitrogen and oxygen atoms in total. The first-order valence-electron chi connectivity index (χ1n) is 9.22. The second-order valence-electron chi connectivity index (χ2n) is 7.06. The number of carbonyl (C=O) groups is 1. The van der Waals surface area contributed by atoms with E-state index in [-0.39, 0.29) is 17.0 Å². The molecule has 1 N–H and O–H groups in total. The molecule has 1 saturated heterocycles. The molecule has 1 aromatic heterocycles. The van der Waals surface area contributed by atoms with Crippen LogP contribution in [-0.2, 0) is 10.2 Å². The van der Waals surface area contributed by atoms with Crippen molar-refractivity contribution in [3.63, 3.8) is 0 Å². The predicted octanol–water partition coefficient (Wildman–Crippen LogP) is 3.41. The Balaban J connectivity index is 1.59. The minimum absolute atomic E-state index is 0.0369. The van der Waals surface area contributed by atoms with Gasteiger partial charge in [0.25, 0.3) is 5.91 Å². The van der Waals surface area contributed by atoms with Gasteiger partial charge in [-0.2, -0.15) is 0 Å². The van der Waals surface area contributed by atoms with Crippen molar-refractivity contribution in [2.45, 2.75) is 18.3 Å². The molecule has 6 heteroatoms. The number of hydrogen-bond acceptors (Lipinski definition) is 4. The number of carbonyl (C=O) groups excluding carboxylic acids is 1. The lowest BCUT2D eigenvalue weighted by molar-refractivity contribution is 0.0483. The summed E-state index contributed by atoms with van der Waals surface area (Å²) in [4.78, 5) is 24.9. The second kappa shape index (κ2) is 7.56.